The van der Waals surface area contributed by atoms with Crippen molar-refractivity contribution >= 4 is 29.9 Å². The molecule has 0 saturated heterocycles. The van der Waals surface area contributed by atoms with Crippen molar-refractivity contribution in [3.05, 3.63) is 16.3 Å². The molecule has 1 aliphatic carbocycles. The number of amides is 1. The first-order chi connectivity index (χ1) is 7.69. The third kappa shape index (κ3) is 2.78. The van der Waals surface area contributed by atoms with E-state index in [1.54, 1.807) is 6.07 Å². The van der Waals surface area contributed by atoms with E-state index in [1.165, 1.54) is 11.3 Å². The first-order valence-corrected chi connectivity index (χ1v) is 6.71. The SMILES string of the molecule is CCOC1CC(NC(=O)c2cc(S)cs2)C1. The highest BCUT2D eigenvalue weighted by atomic mass is 32.1. The molecule has 5 heteroatoms. The quantitative estimate of drug-likeness (QED) is 0.813. The van der Waals surface area contributed by atoms with E-state index in [4.69, 9.17) is 4.74 Å². The molecule has 1 N–H and O–H groups in total. The molecule has 16 heavy (non-hydrogen) atoms. The van der Waals surface area contributed by atoms with Gasteiger partial charge in [-0.1, -0.05) is 0 Å². The van der Waals surface area contributed by atoms with Crippen molar-refractivity contribution in [2.75, 3.05) is 6.61 Å². The Hall–Kier alpha value is -0.520. The van der Waals surface area contributed by atoms with E-state index in [1.807, 2.05) is 12.3 Å². The minimum atomic E-state index is 0.00486. The Bertz CT molecular complexity index is 372. The number of nitrogens with one attached hydrogen (secondary N) is 1. The zero-order valence-corrected chi connectivity index (χ0v) is 10.8. The summed E-state index contributed by atoms with van der Waals surface area (Å²) < 4.78 is 5.44. The minimum absolute atomic E-state index is 0.00486. The number of ether oxygens (including phenoxy) is 1. The van der Waals surface area contributed by atoms with Crippen LogP contribution in [0.3, 0.4) is 0 Å². The number of thiophene rings is 1. The van der Waals surface area contributed by atoms with Crippen LogP contribution in [0.25, 0.3) is 0 Å². The second-order valence-corrected chi connectivity index (χ2v) is 5.32. The van der Waals surface area contributed by atoms with Gasteiger partial charge in [0.2, 0.25) is 0 Å². The third-order valence-electron chi connectivity index (χ3n) is 2.64. The summed E-state index contributed by atoms with van der Waals surface area (Å²) in [5, 5.41) is 4.85. The second-order valence-electron chi connectivity index (χ2n) is 3.89. The maximum atomic E-state index is 11.8. The van der Waals surface area contributed by atoms with E-state index in [-0.39, 0.29) is 11.9 Å². The lowest BCUT2D eigenvalue weighted by Crippen LogP contribution is -2.47. The molecule has 1 saturated carbocycles. The first-order valence-electron chi connectivity index (χ1n) is 5.39. The average molecular weight is 257 g/mol. The molecule has 1 aromatic rings. The molecule has 0 aromatic carbocycles. The summed E-state index contributed by atoms with van der Waals surface area (Å²) in [4.78, 5) is 13.3. The normalized spacial score (nSPS) is 23.9. The molecule has 1 fully saturated rings. The van der Waals surface area contributed by atoms with Crippen molar-refractivity contribution in [1.29, 1.82) is 0 Å². The van der Waals surface area contributed by atoms with Gasteiger partial charge in [0.05, 0.1) is 11.0 Å². The fourth-order valence-corrected chi connectivity index (χ4v) is 2.81. The Labute approximate surface area is 105 Å². The van der Waals surface area contributed by atoms with Gasteiger partial charge >= 0.3 is 0 Å². The van der Waals surface area contributed by atoms with Gasteiger partial charge in [0.25, 0.3) is 5.91 Å². The molecular formula is C11H15NO2S2. The number of hydrogen-bond donors (Lipinski definition) is 2. The predicted molar refractivity (Wildman–Crippen MR) is 67.5 cm³/mol. The second kappa shape index (κ2) is 5.21. The Balaban J connectivity index is 1.77. The van der Waals surface area contributed by atoms with Crippen molar-refractivity contribution in [2.24, 2.45) is 0 Å². The third-order valence-corrected chi connectivity index (χ3v) is 4.00. The molecule has 2 rings (SSSR count). The maximum Gasteiger partial charge on any atom is 0.261 e. The molecule has 0 unspecified atom stereocenters. The van der Waals surface area contributed by atoms with Crippen molar-refractivity contribution < 1.29 is 9.53 Å². The molecule has 0 atom stereocenters. The first kappa shape index (κ1) is 12.0. The van der Waals surface area contributed by atoms with E-state index >= 15 is 0 Å². The minimum Gasteiger partial charge on any atom is -0.378 e. The van der Waals surface area contributed by atoms with Crippen LogP contribution in [0.4, 0.5) is 0 Å². The number of carbonyl (C=O) groups excluding carboxylic acids is 1. The molecule has 1 aliphatic rings. The summed E-state index contributed by atoms with van der Waals surface area (Å²) in [6.07, 6.45) is 2.19. The van der Waals surface area contributed by atoms with Gasteiger partial charge in [-0.15, -0.1) is 24.0 Å². The van der Waals surface area contributed by atoms with Crippen LogP contribution in [0.2, 0.25) is 0 Å². The number of hydrogen-bond acceptors (Lipinski definition) is 4. The van der Waals surface area contributed by atoms with Crippen LogP contribution in [0.1, 0.15) is 29.4 Å². The lowest BCUT2D eigenvalue weighted by Gasteiger charge is -2.35. The average Bonchev–Trinajstić information content (AvgIpc) is 2.61. The highest BCUT2D eigenvalue weighted by Crippen LogP contribution is 2.24. The summed E-state index contributed by atoms with van der Waals surface area (Å²) in [6, 6.07) is 2.07. The lowest BCUT2D eigenvalue weighted by molar-refractivity contribution is -0.00858. The van der Waals surface area contributed by atoms with Crippen LogP contribution in [-0.2, 0) is 4.74 Å². The number of carbonyl (C=O) groups is 1. The molecule has 0 radical (unpaired) electrons. The molecule has 3 nitrogen and oxygen atoms in total. The molecule has 88 valence electrons. The summed E-state index contributed by atoms with van der Waals surface area (Å²) in [5.74, 6) is 0.00486. The Morgan fingerprint density at radius 1 is 1.69 bits per heavy atom. The van der Waals surface area contributed by atoms with E-state index in [0.29, 0.717) is 6.10 Å². The highest BCUT2D eigenvalue weighted by Gasteiger charge is 2.30. The van der Waals surface area contributed by atoms with E-state index in [9.17, 15) is 4.79 Å². The van der Waals surface area contributed by atoms with Crippen LogP contribution < -0.4 is 5.32 Å². The van der Waals surface area contributed by atoms with E-state index < -0.39 is 0 Å². The van der Waals surface area contributed by atoms with Crippen molar-refractivity contribution in [3.63, 3.8) is 0 Å². The highest BCUT2D eigenvalue weighted by molar-refractivity contribution is 7.80. The van der Waals surface area contributed by atoms with Crippen LogP contribution in [-0.4, -0.2) is 24.7 Å². The molecule has 1 heterocycles. The monoisotopic (exact) mass is 257 g/mol. The standard InChI is InChI=1S/C11H15NO2S2/c1-2-14-8-3-7(4-8)12-11(13)10-5-9(15)6-16-10/h5-8,15H,2-4H2,1H3,(H,12,13). The Morgan fingerprint density at radius 2 is 2.44 bits per heavy atom. The maximum absolute atomic E-state index is 11.8. The Morgan fingerprint density at radius 3 is 3.00 bits per heavy atom. The predicted octanol–water partition coefficient (Wildman–Crippen LogP) is 2.33. The van der Waals surface area contributed by atoms with Gasteiger partial charge < -0.3 is 10.1 Å². The van der Waals surface area contributed by atoms with E-state index in [2.05, 4.69) is 17.9 Å². The van der Waals surface area contributed by atoms with Gasteiger partial charge in [-0.3, -0.25) is 4.79 Å². The number of rotatable bonds is 4. The Kier molecular flexibility index (Phi) is 3.89. The van der Waals surface area contributed by atoms with Crippen molar-refractivity contribution in [3.8, 4) is 0 Å². The lowest BCUT2D eigenvalue weighted by atomic mass is 9.89. The van der Waals surface area contributed by atoms with Gasteiger partial charge in [0, 0.05) is 22.9 Å². The van der Waals surface area contributed by atoms with Gasteiger partial charge in [0.1, 0.15) is 0 Å². The summed E-state index contributed by atoms with van der Waals surface area (Å²) in [5.41, 5.74) is 0. The summed E-state index contributed by atoms with van der Waals surface area (Å²) in [6.45, 7) is 2.74. The summed E-state index contributed by atoms with van der Waals surface area (Å²) in [7, 11) is 0. The van der Waals surface area contributed by atoms with Crippen molar-refractivity contribution in [1.82, 2.24) is 5.32 Å². The fraction of sp³-hybridized carbons (Fsp3) is 0.545. The van der Waals surface area contributed by atoms with Crippen LogP contribution in [0, 0.1) is 0 Å². The smallest absolute Gasteiger partial charge is 0.261 e. The molecule has 0 bridgehead atoms. The van der Waals surface area contributed by atoms with Crippen LogP contribution >= 0.6 is 24.0 Å². The van der Waals surface area contributed by atoms with E-state index in [0.717, 1.165) is 29.2 Å². The van der Waals surface area contributed by atoms with Crippen molar-refractivity contribution in [2.45, 2.75) is 36.8 Å². The molecule has 0 aliphatic heterocycles. The van der Waals surface area contributed by atoms with Gasteiger partial charge in [0.15, 0.2) is 0 Å². The summed E-state index contributed by atoms with van der Waals surface area (Å²) >= 11 is 5.61. The molecule has 0 spiro atoms. The van der Waals surface area contributed by atoms with Gasteiger partial charge in [-0.25, -0.2) is 0 Å². The molecular weight excluding hydrogens is 242 g/mol. The van der Waals surface area contributed by atoms with Crippen LogP contribution in [0.15, 0.2) is 16.3 Å². The molecule has 1 amide bonds. The van der Waals surface area contributed by atoms with Crippen LogP contribution in [0.5, 0.6) is 0 Å². The van der Waals surface area contributed by atoms with Gasteiger partial charge in [-0.05, 0) is 25.8 Å². The largest absolute Gasteiger partial charge is 0.378 e. The fourth-order valence-electron chi connectivity index (χ4n) is 1.76. The van der Waals surface area contributed by atoms with Gasteiger partial charge in [-0.2, -0.15) is 0 Å². The molecule has 1 aromatic heterocycles. The zero-order chi connectivity index (χ0) is 11.5. The topological polar surface area (TPSA) is 38.3 Å². The number of thiol groups is 1. The zero-order valence-electron chi connectivity index (χ0n) is 9.10.